The highest BCUT2D eigenvalue weighted by molar-refractivity contribution is 7.09. The van der Waals surface area contributed by atoms with Crippen molar-refractivity contribution in [1.29, 1.82) is 0 Å². The summed E-state index contributed by atoms with van der Waals surface area (Å²) >= 11 is 1.65. The third kappa shape index (κ3) is 5.80. The second kappa shape index (κ2) is 10.9. The number of hydrogen-bond acceptors (Lipinski definition) is 5. The maximum absolute atomic E-state index is 5.38. The first-order valence-electron chi connectivity index (χ1n) is 10.7. The number of methoxy groups -OCH3 is 1. The van der Waals surface area contributed by atoms with Crippen molar-refractivity contribution in [2.75, 3.05) is 40.8 Å². The zero-order chi connectivity index (χ0) is 21.5. The van der Waals surface area contributed by atoms with Crippen LogP contribution >= 0.6 is 11.3 Å². The quantitative estimate of drug-likeness (QED) is 0.508. The minimum absolute atomic E-state index is 0.0298. The van der Waals surface area contributed by atoms with Gasteiger partial charge in [-0.05, 0) is 45.3 Å². The van der Waals surface area contributed by atoms with E-state index in [-0.39, 0.29) is 6.10 Å². The van der Waals surface area contributed by atoms with Crippen LogP contribution in [0.5, 0.6) is 0 Å². The first-order chi connectivity index (χ1) is 14.5. The Hall–Kier alpha value is -1.96. The number of hydrogen-bond donors (Lipinski definition) is 1. The van der Waals surface area contributed by atoms with Crippen LogP contribution in [0.1, 0.15) is 53.7 Å². The molecule has 0 bridgehead atoms. The van der Waals surface area contributed by atoms with Crippen LogP contribution in [0.3, 0.4) is 0 Å². The van der Waals surface area contributed by atoms with Gasteiger partial charge in [0.1, 0.15) is 11.1 Å². The van der Waals surface area contributed by atoms with Crippen LogP contribution < -0.4 is 5.32 Å². The summed E-state index contributed by atoms with van der Waals surface area (Å²) < 4.78 is 5.38. The molecule has 30 heavy (non-hydrogen) atoms. The number of aliphatic imine (C=N–C) groups is 1. The third-order valence-corrected chi connectivity index (χ3v) is 6.80. The number of aryl methyl sites for hydroxylation is 1. The number of guanidine groups is 1. The van der Waals surface area contributed by atoms with Gasteiger partial charge in [0.25, 0.3) is 0 Å². The molecule has 6 nitrogen and oxygen atoms in total. The molecule has 3 rings (SSSR count). The average Bonchev–Trinajstić information content (AvgIpc) is 3.44. The summed E-state index contributed by atoms with van der Waals surface area (Å²) in [5.74, 6) is 0.889. The summed E-state index contributed by atoms with van der Waals surface area (Å²) in [7, 11) is 5.62. The van der Waals surface area contributed by atoms with Crippen molar-refractivity contribution in [3.05, 3.63) is 51.5 Å². The van der Waals surface area contributed by atoms with Crippen LogP contribution in [0.4, 0.5) is 0 Å². The molecule has 1 fully saturated rings. The maximum atomic E-state index is 5.38. The molecule has 1 saturated heterocycles. The van der Waals surface area contributed by atoms with Gasteiger partial charge in [0.05, 0.1) is 18.3 Å². The second-order valence-electron chi connectivity index (χ2n) is 8.01. The van der Waals surface area contributed by atoms with Gasteiger partial charge in [-0.1, -0.05) is 29.8 Å². The first-order valence-corrected chi connectivity index (χ1v) is 11.6. The molecule has 2 heterocycles. The number of benzene rings is 1. The zero-order valence-electron chi connectivity index (χ0n) is 18.9. The molecule has 164 valence electrons. The highest BCUT2D eigenvalue weighted by Gasteiger charge is 2.24. The Kier molecular flexibility index (Phi) is 8.24. The molecular weight excluding hydrogens is 394 g/mol. The van der Waals surface area contributed by atoms with Crippen LogP contribution in [-0.2, 0) is 11.3 Å². The standard InChI is InChI=1S/C23H35N5OS/c1-17-8-10-19(11-9-17)21(28-12-6-7-13-28)14-25-23(24-3)27(4)15-20-16-30-22(26-20)18(2)29-5/h8-11,16,18,21H,6-7,12-15H2,1-5H3,(H,24,25). The predicted molar refractivity (Wildman–Crippen MR) is 125 cm³/mol. The summed E-state index contributed by atoms with van der Waals surface area (Å²) in [6, 6.07) is 9.30. The van der Waals surface area contributed by atoms with E-state index in [2.05, 4.69) is 63.7 Å². The van der Waals surface area contributed by atoms with E-state index < -0.39 is 0 Å². The Labute approximate surface area is 185 Å². The smallest absolute Gasteiger partial charge is 0.193 e. The molecule has 1 N–H and O–H groups in total. The van der Waals surface area contributed by atoms with Gasteiger partial charge in [0, 0.05) is 33.1 Å². The summed E-state index contributed by atoms with van der Waals surface area (Å²) in [5, 5.41) is 6.72. The normalized spacial score (nSPS) is 17.2. The van der Waals surface area contributed by atoms with Crippen molar-refractivity contribution in [3.63, 3.8) is 0 Å². The topological polar surface area (TPSA) is 53.0 Å². The van der Waals surface area contributed by atoms with Crippen molar-refractivity contribution < 1.29 is 4.74 Å². The Morgan fingerprint density at radius 2 is 2.00 bits per heavy atom. The van der Waals surface area contributed by atoms with Crippen LogP contribution in [0, 0.1) is 6.92 Å². The molecule has 0 saturated carbocycles. The lowest BCUT2D eigenvalue weighted by Gasteiger charge is -2.30. The lowest BCUT2D eigenvalue weighted by atomic mass is 10.0. The number of aromatic nitrogens is 1. The molecular formula is C23H35N5OS. The van der Waals surface area contributed by atoms with Crippen molar-refractivity contribution in [2.45, 2.75) is 45.4 Å². The fraction of sp³-hybridized carbons (Fsp3) is 0.565. The molecule has 2 aromatic rings. The predicted octanol–water partition coefficient (Wildman–Crippen LogP) is 4.00. The molecule has 1 aromatic heterocycles. The number of ether oxygens (including phenoxy) is 1. The maximum Gasteiger partial charge on any atom is 0.193 e. The van der Waals surface area contributed by atoms with E-state index >= 15 is 0 Å². The molecule has 2 atom stereocenters. The summed E-state index contributed by atoms with van der Waals surface area (Å²) in [4.78, 5) is 13.9. The monoisotopic (exact) mass is 429 g/mol. The van der Waals surface area contributed by atoms with Crippen molar-refractivity contribution in [3.8, 4) is 0 Å². The van der Waals surface area contributed by atoms with Crippen molar-refractivity contribution in [1.82, 2.24) is 20.1 Å². The van der Waals surface area contributed by atoms with Gasteiger partial charge in [-0.3, -0.25) is 9.89 Å². The third-order valence-electron chi connectivity index (χ3n) is 5.74. The second-order valence-corrected chi connectivity index (χ2v) is 8.90. The van der Waals surface area contributed by atoms with E-state index in [1.807, 2.05) is 14.0 Å². The van der Waals surface area contributed by atoms with Gasteiger partial charge in [-0.15, -0.1) is 11.3 Å². The molecule has 7 heteroatoms. The molecule has 0 amide bonds. The zero-order valence-corrected chi connectivity index (χ0v) is 19.7. The van der Waals surface area contributed by atoms with Crippen molar-refractivity contribution in [2.24, 2.45) is 4.99 Å². The lowest BCUT2D eigenvalue weighted by molar-refractivity contribution is 0.119. The first kappa shape index (κ1) is 22.7. The molecule has 1 aliphatic rings. The van der Waals surface area contributed by atoms with Crippen LogP contribution in [-0.4, -0.2) is 61.6 Å². The number of nitrogens with zero attached hydrogens (tertiary/aromatic N) is 4. The van der Waals surface area contributed by atoms with Crippen LogP contribution in [0.25, 0.3) is 0 Å². The Morgan fingerprint density at radius 1 is 1.30 bits per heavy atom. The fourth-order valence-corrected chi connectivity index (χ4v) is 4.71. The van der Waals surface area contributed by atoms with Gasteiger partial charge >= 0.3 is 0 Å². The van der Waals surface area contributed by atoms with Crippen molar-refractivity contribution >= 4 is 17.3 Å². The summed E-state index contributed by atoms with van der Waals surface area (Å²) in [6.45, 7) is 8.04. The molecule has 0 aliphatic carbocycles. The Morgan fingerprint density at radius 3 is 2.63 bits per heavy atom. The SMILES string of the molecule is CN=C(NCC(c1ccc(C)cc1)N1CCCC1)N(C)Cc1csc(C(C)OC)n1. The molecule has 2 unspecified atom stereocenters. The van der Waals surface area contributed by atoms with E-state index in [0.29, 0.717) is 12.6 Å². The van der Waals surface area contributed by atoms with E-state index in [1.54, 1.807) is 18.4 Å². The summed E-state index contributed by atoms with van der Waals surface area (Å²) in [5.41, 5.74) is 3.71. The Bertz CT molecular complexity index is 813. The minimum Gasteiger partial charge on any atom is -0.375 e. The van der Waals surface area contributed by atoms with E-state index in [9.17, 15) is 0 Å². The van der Waals surface area contributed by atoms with Gasteiger partial charge < -0.3 is 15.0 Å². The van der Waals surface area contributed by atoms with Gasteiger partial charge in [-0.25, -0.2) is 4.98 Å². The lowest BCUT2D eigenvalue weighted by Crippen LogP contribution is -2.43. The molecule has 0 spiro atoms. The number of nitrogens with one attached hydrogen (secondary N) is 1. The molecule has 1 aliphatic heterocycles. The van der Waals surface area contributed by atoms with E-state index in [1.165, 1.54) is 24.0 Å². The number of thiazole rings is 1. The van der Waals surface area contributed by atoms with Gasteiger partial charge in [-0.2, -0.15) is 0 Å². The average molecular weight is 430 g/mol. The fourth-order valence-electron chi connectivity index (χ4n) is 3.87. The van der Waals surface area contributed by atoms with E-state index in [0.717, 1.165) is 36.3 Å². The number of rotatable bonds is 8. The largest absolute Gasteiger partial charge is 0.375 e. The van der Waals surface area contributed by atoms with Crippen LogP contribution in [0.15, 0.2) is 34.6 Å². The van der Waals surface area contributed by atoms with Gasteiger partial charge in [0.2, 0.25) is 0 Å². The highest BCUT2D eigenvalue weighted by atomic mass is 32.1. The minimum atomic E-state index is 0.0298. The Balaban J connectivity index is 1.64. The van der Waals surface area contributed by atoms with Gasteiger partial charge in [0.15, 0.2) is 5.96 Å². The number of likely N-dealkylation sites (tertiary alicyclic amines) is 1. The molecule has 1 aromatic carbocycles. The van der Waals surface area contributed by atoms with Crippen LogP contribution in [0.2, 0.25) is 0 Å². The summed E-state index contributed by atoms with van der Waals surface area (Å²) in [6.07, 6.45) is 2.59. The van der Waals surface area contributed by atoms with E-state index in [4.69, 9.17) is 9.72 Å². The molecule has 0 radical (unpaired) electrons. The highest BCUT2D eigenvalue weighted by Crippen LogP contribution is 2.25.